The zero-order chi connectivity index (χ0) is 17.8. The lowest BCUT2D eigenvalue weighted by molar-refractivity contribution is 0.0833. The Morgan fingerprint density at radius 1 is 1.19 bits per heavy atom. The summed E-state index contributed by atoms with van der Waals surface area (Å²) in [6, 6.07) is 6.21. The lowest BCUT2D eigenvalue weighted by Crippen LogP contribution is -2.39. The standard InChI is InChI=1S/C18H19N7O/c1-10-20-15-4-3-14(22-17(15)24(10)2)13-5-6-25-16(13)9-19-18(23-25)21-11-7-12(26)8-11/h3-6,9,11-12,26H,7-8H2,1-2H3,(H,21,23)/t11-,12+. The van der Waals surface area contributed by atoms with Crippen molar-refractivity contribution in [2.24, 2.45) is 7.05 Å². The molecule has 0 saturated heterocycles. The molecule has 26 heavy (non-hydrogen) atoms. The molecule has 0 atom stereocenters. The Morgan fingerprint density at radius 2 is 2.04 bits per heavy atom. The van der Waals surface area contributed by atoms with Crippen molar-refractivity contribution in [3.63, 3.8) is 0 Å². The second-order valence-electron chi connectivity index (χ2n) is 6.86. The fourth-order valence-electron chi connectivity index (χ4n) is 3.40. The molecular weight excluding hydrogens is 330 g/mol. The second kappa shape index (κ2) is 5.50. The fourth-order valence-corrected chi connectivity index (χ4v) is 3.40. The number of nitrogens with zero attached hydrogens (tertiary/aromatic N) is 6. The van der Waals surface area contributed by atoms with Crippen molar-refractivity contribution in [3.8, 4) is 11.3 Å². The number of pyridine rings is 1. The summed E-state index contributed by atoms with van der Waals surface area (Å²) in [5.41, 5.74) is 4.51. The van der Waals surface area contributed by atoms with Gasteiger partial charge in [-0.15, -0.1) is 5.10 Å². The van der Waals surface area contributed by atoms with Crippen LogP contribution in [-0.2, 0) is 7.05 Å². The molecule has 1 aliphatic carbocycles. The summed E-state index contributed by atoms with van der Waals surface area (Å²) in [4.78, 5) is 13.7. The van der Waals surface area contributed by atoms with Crippen molar-refractivity contribution in [1.29, 1.82) is 0 Å². The molecular formula is C18H19N7O. The SMILES string of the molecule is Cc1nc2ccc(-c3ccn4nc(N[C@H]5C[C@@H](O)C5)ncc34)nc2n1C. The normalized spacial score (nSPS) is 19.8. The van der Waals surface area contributed by atoms with Gasteiger partial charge in [-0.2, -0.15) is 0 Å². The first-order valence-electron chi connectivity index (χ1n) is 8.68. The van der Waals surface area contributed by atoms with Gasteiger partial charge in [0, 0.05) is 24.8 Å². The minimum Gasteiger partial charge on any atom is -0.393 e. The Balaban J connectivity index is 1.52. The van der Waals surface area contributed by atoms with Crippen LogP contribution in [0.25, 0.3) is 27.9 Å². The Labute approximate surface area is 149 Å². The van der Waals surface area contributed by atoms with Gasteiger partial charge in [-0.05, 0) is 38.0 Å². The van der Waals surface area contributed by atoms with Crippen LogP contribution in [0, 0.1) is 6.92 Å². The van der Waals surface area contributed by atoms with E-state index >= 15 is 0 Å². The van der Waals surface area contributed by atoms with Gasteiger partial charge >= 0.3 is 0 Å². The van der Waals surface area contributed by atoms with Crippen molar-refractivity contribution in [2.75, 3.05) is 5.32 Å². The van der Waals surface area contributed by atoms with Crippen molar-refractivity contribution >= 4 is 22.6 Å². The molecule has 4 heterocycles. The van der Waals surface area contributed by atoms with E-state index in [1.807, 2.05) is 42.9 Å². The van der Waals surface area contributed by atoms with Crippen LogP contribution in [0.3, 0.4) is 0 Å². The van der Waals surface area contributed by atoms with Gasteiger partial charge in [0.25, 0.3) is 0 Å². The van der Waals surface area contributed by atoms with Crippen molar-refractivity contribution in [2.45, 2.75) is 31.9 Å². The number of hydrogen-bond donors (Lipinski definition) is 2. The van der Waals surface area contributed by atoms with Crippen molar-refractivity contribution in [1.82, 2.24) is 29.1 Å². The van der Waals surface area contributed by atoms with Crippen LogP contribution in [0.5, 0.6) is 0 Å². The van der Waals surface area contributed by atoms with E-state index in [4.69, 9.17) is 4.98 Å². The highest BCUT2D eigenvalue weighted by Gasteiger charge is 2.27. The van der Waals surface area contributed by atoms with Gasteiger partial charge in [-0.1, -0.05) is 0 Å². The average Bonchev–Trinajstić information content (AvgIpc) is 3.14. The van der Waals surface area contributed by atoms with Crippen LogP contribution in [0.2, 0.25) is 0 Å². The molecule has 5 rings (SSSR count). The molecule has 0 aromatic carbocycles. The largest absolute Gasteiger partial charge is 0.393 e. The molecule has 0 radical (unpaired) electrons. The highest BCUT2D eigenvalue weighted by molar-refractivity contribution is 5.82. The summed E-state index contributed by atoms with van der Waals surface area (Å²) in [6.07, 6.45) is 5.00. The van der Waals surface area contributed by atoms with E-state index in [2.05, 4.69) is 20.4 Å². The smallest absolute Gasteiger partial charge is 0.241 e. The maximum absolute atomic E-state index is 9.39. The van der Waals surface area contributed by atoms with Crippen LogP contribution < -0.4 is 5.32 Å². The van der Waals surface area contributed by atoms with Crippen molar-refractivity contribution < 1.29 is 5.11 Å². The molecule has 4 aromatic rings. The molecule has 0 spiro atoms. The Bertz CT molecular complexity index is 1120. The number of aliphatic hydroxyl groups is 1. The molecule has 0 amide bonds. The maximum atomic E-state index is 9.39. The quantitative estimate of drug-likeness (QED) is 0.587. The first-order chi connectivity index (χ1) is 12.6. The molecule has 4 aromatic heterocycles. The van der Waals surface area contributed by atoms with Gasteiger partial charge < -0.3 is 15.0 Å². The third kappa shape index (κ3) is 2.33. The van der Waals surface area contributed by atoms with Gasteiger partial charge in [0.15, 0.2) is 5.65 Å². The predicted molar refractivity (Wildman–Crippen MR) is 97.9 cm³/mol. The number of aliphatic hydroxyl groups excluding tert-OH is 1. The molecule has 8 heteroatoms. The third-order valence-corrected chi connectivity index (χ3v) is 5.08. The van der Waals surface area contributed by atoms with E-state index in [1.165, 1.54) is 0 Å². The average molecular weight is 349 g/mol. The highest BCUT2D eigenvalue weighted by Crippen LogP contribution is 2.27. The van der Waals surface area contributed by atoms with E-state index in [0.717, 1.165) is 46.6 Å². The molecule has 1 fully saturated rings. The van der Waals surface area contributed by atoms with E-state index < -0.39 is 0 Å². The van der Waals surface area contributed by atoms with Gasteiger partial charge in [-0.3, -0.25) is 0 Å². The van der Waals surface area contributed by atoms with Crippen LogP contribution >= 0.6 is 0 Å². The summed E-state index contributed by atoms with van der Waals surface area (Å²) in [5, 5.41) is 17.2. The summed E-state index contributed by atoms with van der Waals surface area (Å²) in [6.45, 7) is 1.97. The second-order valence-corrected chi connectivity index (χ2v) is 6.86. The van der Waals surface area contributed by atoms with Crippen LogP contribution in [0.15, 0.2) is 30.6 Å². The summed E-state index contributed by atoms with van der Waals surface area (Å²) >= 11 is 0. The fraction of sp³-hybridized carbons (Fsp3) is 0.333. The highest BCUT2D eigenvalue weighted by atomic mass is 16.3. The van der Waals surface area contributed by atoms with E-state index in [1.54, 1.807) is 10.7 Å². The van der Waals surface area contributed by atoms with E-state index in [0.29, 0.717) is 5.95 Å². The van der Waals surface area contributed by atoms with Gasteiger partial charge in [-0.25, -0.2) is 19.5 Å². The van der Waals surface area contributed by atoms with Crippen molar-refractivity contribution in [3.05, 3.63) is 36.4 Å². The van der Waals surface area contributed by atoms with Gasteiger partial charge in [0.1, 0.15) is 11.3 Å². The molecule has 132 valence electrons. The summed E-state index contributed by atoms with van der Waals surface area (Å²) in [7, 11) is 1.97. The molecule has 1 saturated carbocycles. The number of imidazole rings is 1. The Morgan fingerprint density at radius 3 is 2.85 bits per heavy atom. The summed E-state index contributed by atoms with van der Waals surface area (Å²) < 4.78 is 3.79. The number of fused-ring (bicyclic) bond motifs is 2. The number of rotatable bonds is 3. The molecule has 0 unspecified atom stereocenters. The Kier molecular flexibility index (Phi) is 3.23. The first kappa shape index (κ1) is 15.3. The first-order valence-corrected chi connectivity index (χ1v) is 8.68. The van der Waals surface area contributed by atoms with Crippen LogP contribution in [0.1, 0.15) is 18.7 Å². The Hall–Kier alpha value is -3.00. The predicted octanol–water partition coefficient (Wildman–Crippen LogP) is 1.92. The third-order valence-electron chi connectivity index (χ3n) is 5.08. The number of anilines is 1. The number of aromatic nitrogens is 6. The topological polar surface area (TPSA) is 93.2 Å². The zero-order valence-electron chi connectivity index (χ0n) is 14.6. The van der Waals surface area contributed by atoms with Crippen LogP contribution in [-0.4, -0.2) is 46.4 Å². The zero-order valence-corrected chi connectivity index (χ0v) is 14.6. The molecule has 1 aliphatic rings. The maximum Gasteiger partial charge on any atom is 0.241 e. The number of hydrogen-bond acceptors (Lipinski definition) is 6. The molecule has 0 bridgehead atoms. The minimum atomic E-state index is -0.203. The van der Waals surface area contributed by atoms with Crippen LogP contribution in [0.4, 0.5) is 5.95 Å². The van der Waals surface area contributed by atoms with E-state index in [-0.39, 0.29) is 12.1 Å². The number of nitrogens with one attached hydrogen (secondary N) is 1. The minimum absolute atomic E-state index is 0.203. The van der Waals surface area contributed by atoms with E-state index in [9.17, 15) is 5.11 Å². The molecule has 0 aliphatic heterocycles. The lowest BCUT2D eigenvalue weighted by atomic mass is 9.90. The molecule has 8 nitrogen and oxygen atoms in total. The summed E-state index contributed by atoms with van der Waals surface area (Å²) in [5.74, 6) is 1.51. The van der Waals surface area contributed by atoms with Gasteiger partial charge in [0.2, 0.25) is 5.95 Å². The monoisotopic (exact) mass is 349 g/mol. The number of aryl methyl sites for hydroxylation is 2. The lowest BCUT2D eigenvalue weighted by Gasteiger charge is -2.31. The molecule has 2 N–H and O–H groups in total. The van der Waals surface area contributed by atoms with Gasteiger partial charge in [0.05, 0.1) is 23.5 Å².